The zero-order valence-corrected chi connectivity index (χ0v) is 11.8. The molecule has 1 aliphatic rings. The van der Waals surface area contributed by atoms with Gasteiger partial charge in [0.05, 0.1) is 26.0 Å². The fourth-order valence-electron chi connectivity index (χ4n) is 1.70. The molecule has 2 heterocycles. The Balaban J connectivity index is 2.17. The average molecular weight is 304 g/mol. The summed E-state index contributed by atoms with van der Waals surface area (Å²) in [5, 5.41) is 7.12. The van der Waals surface area contributed by atoms with Crippen LogP contribution in [0.25, 0.3) is 0 Å². The van der Waals surface area contributed by atoms with Gasteiger partial charge in [0.1, 0.15) is 5.56 Å². The summed E-state index contributed by atoms with van der Waals surface area (Å²) in [5.41, 5.74) is -0.118. The van der Waals surface area contributed by atoms with Crippen molar-refractivity contribution in [2.24, 2.45) is 0 Å². The summed E-state index contributed by atoms with van der Waals surface area (Å²) in [6, 6.07) is 0. The van der Waals surface area contributed by atoms with Gasteiger partial charge in [-0.15, -0.1) is 4.83 Å². The third kappa shape index (κ3) is 3.33. The molecule has 0 unspecified atom stereocenters. The van der Waals surface area contributed by atoms with Crippen LogP contribution >= 0.6 is 0 Å². The molecular formula is C10H16N4O5S. The number of morpholine rings is 1. The second-order valence-corrected chi connectivity index (χ2v) is 5.63. The van der Waals surface area contributed by atoms with Gasteiger partial charge >= 0.3 is 5.97 Å². The van der Waals surface area contributed by atoms with Gasteiger partial charge in [-0.25, -0.2) is 18.2 Å². The van der Waals surface area contributed by atoms with Crippen LogP contribution in [0, 0.1) is 0 Å². The fourth-order valence-corrected chi connectivity index (χ4v) is 2.92. The lowest BCUT2D eigenvalue weighted by atomic mass is 10.4. The summed E-state index contributed by atoms with van der Waals surface area (Å²) < 4.78 is 34.4. The molecule has 0 atom stereocenters. The van der Waals surface area contributed by atoms with Crippen molar-refractivity contribution in [3.8, 4) is 0 Å². The highest BCUT2D eigenvalue weighted by Crippen LogP contribution is 2.13. The number of hydrazine groups is 1. The summed E-state index contributed by atoms with van der Waals surface area (Å²) in [6.07, 6.45) is 1.13. The first-order chi connectivity index (χ1) is 9.54. The molecule has 0 aliphatic carbocycles. The zero-order chi connectivity index (χ0) is 14.6. The summed E-state index contributed by atoms with van der Waals surface area (Å²) >= 11 is 0. The van der Waals surface area contributed by atoms with Crippen LogP contribution in [0.4, 0.5) is 0 Å². The highest BCUT2D eigenvalue weighted by molar-refractivity contribution is 7.89. The molecule has 112 valence electrons. The van der Waals surface area contributed by atoms with E-state index in [1.54, 1.807) is 6.92 Å². The second-order valence-electron chi connectivity index (χ2n) is 4.03. The monoisotopic (exact) mass is 304 g/mol. The number of sulfonamides is 1. The van der Waals surface area contributed by atoms with E-state index in [0.717, 1.165) is 6.20 Å². The minimum absolute atomic E-state index is 0.118. The molecule has 0 radical (unpaired) electrons. The number of nitrogens with zero attached hydrogens (tertiary/aromatic N) is 2. The summed E-state index contributed by atoms with van der Waals surface area (Å²) in [6.45, 7) is 3.54. The van der Waals surface area contributed by atoms with Crippen LogP contribution in [-0.2, 0) is 19.5 Å². The number of carbonyl (C=O) groups is 1. The van der Waals surface area contributed by atoms with Crippen LogP contribution in [0.2, 0.25) is 0 Å². The normalized spacial score (nSPS) is 17.1. The molecule has 9 nitrogen and oxygen atoms in total. The van der Waals surface area contributed by atoms with Gasteiger partial charge in [-0.3, -0.25) is 5.10 Å². The smallest absolute Gasteiger partial charge is 0.342 e. The number of ether oxygens (including phenoxy) is 2. The van der Waals surface area contributed by atoms with Gasteiger partial charge in [-0.05, 0) is 6.92 Å². The predicted molar refractivity (Wildman–Crippen MR) is 67.3 cm³/mol. The third-order valence-electron chi connectivity index (χ3n) is 2.63. The number of H-pyrrole nitrogens is 1. The topological polar surface area (TPSA) is 114 Å². The van der Waals surface area contributed by atoms with E-state index in [1.807, 2.05) is 0 Å². The van der Waals surface area contributed by atoms with E-state index in [2.05, 4.69) is 15.0 Å². The Hall–Kier alpha value is -1.49. The van der Waals surface area contributed by atoms with E-state index in [4.69, 9.17) is 9.47 Å². The van der Waals surface area contributed by atoms with Crippen LogP contribution in [0.15, 0.2) is 11.2 Å². The van der Waals surface area contributed by atoms with Crippen LogP contribution in [0.3, 0.4) is 0 Å². The van der Waals surface area contributed by atoms with Gasteiger partial charge in [-0.1, -0.05) is 0 Å². The molecule has 2 rings (SSSR count). The Labute approximate surface area is 116 Å². The van der Waals surface area contributed by atoms with E-state index >= 15 is 0 Å². The Morgan fingerprint density at radius 1 is 1.55 bits per heavy atom. The Morgan fingerprint density at radius 3 is 2.90 bits per heavy atom. The predicted octanol–water partition coefficient (Wildman–Crippen LogP) is -0.888. The number of aromatic amines is 1. The van der Waals surface area contributed by atoms with Crippen molar-refractivity contribution in [2.45, 2.75) is 11.9 Å². The van der Waals surface area contributed by atoms with E-state index < -0.39 is 16.0 Å². The average Bonchev–Trinajstić information content (AvgIpc) is 2.90. The Bertz CT molecular complexity index is 564. The summed E-state index contributed by atoms with van der Waals surface area (Å²) in [4.78, 5) is 14.0. The molecule has 2 N–H and O–H groups in total. The lowest BCUT2D eigenvalue weighted by Crippen LogP contribution is -2.48. The minimum atomic E-state index is -3.91. The number of esters is 1. The molecule has 0 spiro atoms. The number of aromatic nitrogens is 2. The minimum Gasteiger partial charge on any atom is -0.462 e. The van der Waals surface area contributed by atoms with Crippen molar-refractivity contribution < 1.29 is 22.7 Å². The standard InChI is InChI=1S/C10H16N4O5S/c1-2-19-10(15)8-7-11-12-9(8)20(16,17)13-14-3-5-18-6-4-14/h7,13H,2-6H2,1H3,(H,11,12). The van der Waals surface area contributed by atoms with Crippen molar-refractivity contribution >= 4 is 16.0 Å². The number of rotatable bonds is 5. The van der Waals surface area contributed by atoms with Crippen molar-refractivity contribution in [3.63, 3.8) is 0 Å². The summed E-state index contributed by atoms with van der Waals surface area (Å²) in [5.74, 6) is -0.733. The Kier molecular flexibility index (Phi) is 4.70. The fraction of sp³-hybridized carbons (Fsp3) is 0.600. The Morgan fingerprint density at radius 2 is 2.25 bits per heavy atom. The lowest BCUT2D eigenvalue weighted by Gasteiger charge is -2.26. The molecular weight excluding hydrogens is 288 g/mol. The largest absolute Gasteiger partial charge is 0.462 e. The molecule has 1 fully saturated rings. The second kappa shape index (κ2) is 6.31. The maximum absolute atomic E-state index is 12.2. The number of hydrogen-bond donors (Lipinski definition) is 2. The van der Waals surface area contributed by atoms with Gasteiger partial charge in [0.15, 0.2) is 5.03 Å². The van der Waals surface area contributed by atoms with Gasteiger partial charge in [0.2, 0.25) is 0 Å². The molecule has 1 saturated heterocycles. The van der Waals surface area contributed by atoms with E-state index in [1.165, 1.54) is 5.01 Å². The highest BCUT2D eigenvalue weighted by Gasteiger charge is 2.28. The van der Waals surface area contributed by atoms with Gasteiger partial charge in [0, 0.05) is 13.1 Å². The molecule has 0 amide bonds. The van der Waals surface area contributed by atoms with Crippen LogP contribution < -0.4 is 4.83 Å². The molecule has 0 aromatic carbocycles. The van der Waals surface area contributed by atoms with Gasteiger partial charge in [-0.2, -0.15) is 5.10 Å². The van der Waals surface area contributed by atoms with Gasteiger partial charge in [0.25, 0.3) is 10.0 Å². The van der Waals surface area contributed by atoms with E-state index in [0.29, 0.717) is 26.3 Å². The van der Waals surface area contributed by atoms with E-state index in [9.17, 15) is 13.2 Å². The van der Waals surface area contributed by atoms with Gasteiger partial charge < -0.3 is 9.47 Å². The maximum Gasteiger partial charge on any atom is 0.342 e. The van der Waals surface area contributed by atoms with Crippen molar-refractivity contribution in [1.29, 1.82) is 0 Å². The SMILES string of the molecule is CCOC(=O)c1cn[nH]c1S(=O)(=O)NN1CCOCC1. The third-order valence-corrected chi connectivity index (χ3v) is 3.98. The quantitative estimate of drug-likeness (QED) is 0.678. The molecule has 0 bridgehead atoms. The molecule has 1 aromatic heterocycles. The zero-order valence-electron chi connectivity index (χ0n) is 11.0. The number of nitrogens with one attached hydrogen (secondary N) is 2. The molecule has 1 aromatic rings. The lowest BCUT2D eigenvalue weighted by molar-refractivity contribution is 0.0271. The van der Waals surface area contributed by atoms with Crippen LogP contribution in [0.5, 0.6) is 0 Å². The van der Waals surface area contributed by atoms with Crippen molar-refractivity contribution in [1.82, 2.24) is 20.0 Å². The highest BCUT2D eigenvalue weighted by atomic mass is 32.2. The van der Waals surface area contributed by atoms with Crippen LogP contribution in [-0.4, -0.2) is 62.5 Å². The molecule has 20 heavy (non-hydrogen) atoms. The first kappa shape index (κ1) is 14.9. The number of hydrogen-bond acceptors (Lipinski definition) is 7. The first-order valence-electron chi connectivity index (χ1n) is 6.10. The van der Waals surface area contributed by atoms with E-state index in [-0.39, 0.29) is 17.2 Å². The molecule has 10 heteroatoms. The van der Waals surface area contributed by atoms with Crippen molar-refractivity contribution in [2.75, 3.05) is 32.9 Å². The molecule has 1 aliphatic heterocycles. The first-order valence-corrected chi connectivity index (χ1v) is 7.58. The van der Waals surface area contributed by atoms with Crippen molar-refractivity contribution in [3.05, 3.63) is 11.8 Å². The maximum atomic E-state index is 12.2. The summed E-state index contributed by atoms with van der Waals surface area (Å²) in [7, 11) is -3.91. The number of carbonyl (C=O) groups excluding carboxylic acids is 1. The molecule has 0 saturated carbocycles. The van der Waals surface area contributed by atoms with Crippen LogP contribution in [0.1, 0.15) is 17.3 Å².